The molecule has 0 aliphatic heterocycles. The van der Waals surface area contributed by atoms with Gasteiger partial charge >= 0.3 is 0 Å². The first kappa shape index (κ1) is 18.1. The molecule has 5 nitrogen and oxygen atoms in total. The van der Waals surface area contributed by atoms with E-state index >= 15 is 0 Å². The van der Waals surface area contributed by atoms with Crippen molar-refractivity contribution in [3.63, 3.8) is 0 Å². The molecule has 1 aromatic heterocycles. The molecule has 128 valence electrons. The summed E-state index contributed by atoms with van der Waals surface area (Å²) in [6.07, 6.45) is -0.121. The highest BCUT2D eigenvalue weighted by Crippen LogP contribution is 2.23. The number of ether oxygens (including phenoxy) is 1. The number of nitrogens with one attached hydrogen (secondary N) is 1. The molecule has 0 fully saturated rings. The van der Waals surface area contributed by atoms with Crippen molar-refractivity contribution in [2.45, 2.75) is 33.3 Å². The molecular formula is C19H24N2O3. The summed E-state index contributed by atoms with van der Waals surface area (Å²) in [5.74, 6) is -0.330. The first-order valence-corrected chi connectivity index (χ1v) is 8.14. The molecule has 2 unspecified atom stereocenters. The van der Waals surface area contributed by atoms with Gasteiger partial charge in [0.2, 0.25) is 0 Å². The van der Waals surface area contributed by atoms with Crippen molar-refractivity contribution in [2.75, 3.05) is 7.11 Å². The van der Waals surface area contributed by atoms with E-state index < -0.39 is 6.10 Å². The molecule has 1 heterocycles. The Hall–Kier alpha value is -2.27. The Bertz CT molecular complexity index is 692. The van der Waals surface area contributed by atoms with Crippen LogP contribution in [-0.2, 0) is 16.0 Å². The van der Waals surface area contributed by atoms with Crippen LogP contribution in [0.1, 0.15) is 48.6 Å². The van der Waals surface area contributed by atoms with E-state index in [1.165, 1.54) is 7.11 Å². The molecule has 0 aliphatic rings. The van der Waals surface area contributed by atoms with E-state index in [1.54, 1.807) is 6.07 Å². The highest BCUT2D eigenvalue weighted by molar-refractivity contribution is 5.95. The molecule has 0 saturated carbocycles. The lowest BCUT2D eigenvalue weighted by Gasteiger charge is -2.18. The summed E-state index contributed by atoms with van der Waals surface area (Å²) in [4.78, 5) is 24.7. The molecule has 1 N–H and O–H groups in total. The van der Waals surface area contributed by atoms with Crippen LogP contribution in [-0.4, -0.2) is 28.9 Å². The van der Waals surface area contributed by atoms with Crippen molar-refractivity contribution in [2.24, 2.45) is 11.8 Å². The van der Waals surface area contributed by atoms with Crippen molar-refractivity contribution in [1.29, 1.82) is 0 Å². The maximum Gasteiger partial charge on any atom is 0.183 e. The van der Waals surface area contributed by atoms with Gasteiger partial charge in [-0.1, -0.05) is 51.1 Å². The zero-order valence-electron chi connectivity index (χ0n) is 14.6. The third kappa shape index (κ3) is 4.17. The van der Waals surface area contributed by atoms with Crippen LogP contribution >= 0.6 is 0 Å². The molecule has 1 aromatic carbocycles. The topological polar surface area (TPSA) is 72.1 Å². The standard InChI is InChI=1S/C19H24N2O3/c1-12(2)17(22)16-11-15(20-21-16)10-13(3)18(23)19(24-4)14-8-6-5-7-9-14/h5-9,11-13,19H,10H2,1-4H3,(H,20,21). The first-order chi connectivity index (χ1) is 11.4. The second-order valence-electron chi connectivity index (χ2n) is 6.33. The number of nitrogens with zero attached hydrogens (tertiary/aromatic N) is 1. The molecule has 2 rings (SSSR count). The summed E-state index contributed by atoms with van der Waals surface area (Å²) >= 11 is 0. The molecule has 0 radical (unpaired) electrons. The number of rotatable bonds is 8. The fourth-order valence-electron chi connectivity index (χ4n) is 2.62. The van der Waals surface area contributed by atoms with Gasteiger partial charge in [-0.15, -0.1) is 0 Å². The Morgan fingerprint density at radius 3 is 2.42 bits per heavy atom. The van der Waals surface area contributed by atoms with Crippen LogP contribution in [0.2, 0.25) is 0 Å². The Morgan fingerprint density at radius 2 is 1.83 bits per heavy atom. The maximum atomic E-state index is 12.7. The fourth-order valence-corrected chi connectivity index (χ4v) is 2.62. The molecule has 0 bridgehead atoms. The van der Waals surface area contributed by atoms with Gasteiger partial charge in [-0.05, 0) is 11.6 Å². The molecule has 2 aromatic rings. The number of methoxy groups -OCH3 is 1. The van der Waals surface area contributed by atoms with Crippen LogP contribution in [0, 0.1) is 11.8 Å². The molecule has 0 aliphatic carbocycles. The van der Waals surface area contributed by atoms with Crippen molar-refractivity contribution in [1.82, 2.24) is 10.2 Å². The van der Waals surface area contributed by atoms with Gasteiger partial charge in [-0.25, -0.2) is 0 Å². The fraction of sp³-hybridized carbons (Fsp3) is 0.421. The molecule has 0 amide bonds. The number of H-pyrrole nitrogens is 1. The smallest absolute Gasteiger partial charge is 0.183 e. The second-order valence-corrected chi connectivity index (χ2v) is 6.33. The van der Waals surface area contributed by atoms with Gasteiger partial charge in [-0.3, -0.25) is 14.7 Å². The summed E-state index contributed by atoms with van der Waals surface area (Å²) in [5.41, 5.74) is 2.04. The van der Waals surface area contributed by atoms with Crippen LogP contribution in [0.15, 0.2) is 36.4 Å². The minimum atomic E-state index is -0.586. The lowest BCUT2D eigenvalue weighted by atomic mass is 9.93. The summed E-state index contributed by atoms with van der Waals surface area (Å²) in [5, 5.41) is 6.93. The summed E-state index contributed by atoms with van der Waals surface area (Å²) in [6.45, 7) is 5.55. The minimum absolute atomic E-state index is 0.00318. The number of aromatic nitrogens is 2. The Morgan fingerprint density at radius 1 is 1.17 bits per heavy atom. The van der Waals surface area contributed by atoms with Crippen molar-refractivity contribution < 1.29 is 14.3 Å². The summed E-state index contributed by atoms with van der Waals surface area (Å²) in [6, 6.07) is 11.2. The van der Waals surface area contributed by atoms with Crippen LogP contribution in [0.5, 0.6) is 0 Å². The van der Waals surface area contributed by atoms with Crippen LogP contribution in [0.25, 0.3) is 0 Å². The zero-order chi connectivity index (χ0) is 17.7. The number of benzene rings is 1. The van der Waals surface area contributed by atoms with E-state index in [1.807, 2.05) is 51.1 Å². The monoisotopic (exact) mass is 328 g/mol. The van der Waals surface area contributed by atoms with Crippen molar-refractivity contribution >= 4 is 11.6 Å². The molecule has 5 heteroatoms. The lowest BCUT2D eigenvalue weighted by molar-refractivity contribution is -0.132. The Balaban J connectivity index is 2.07. The number of carbonyl (C=O) groups is 2. The molecule has 2 atom stereocenters. The summed E-state index contributed by atoms with van der Waals surface area (Å²) < 4.78 is 5.40. The van der Waals surface area contributed by atoms with E-state index in [9.17, 15) is 9.59 Å². The number of Topliss-reactive ketones (excluding diaryl/α,β-unsaturated/α-hetero) is 2. The normalized spacial score (nSPS) is 13.7. The Kier molecular flexibility index (Phi) is 6.04. The van der Waals surface area contributed by atoms with E-state index in [4.69, 9.17) is 4.74 Å². The second kappa shape index (κ2) is 8.02. The quantitative estimate of drug-likeness (QED) is 0.754. The van der Waals surface area contributed by atoms with Gasteiger partial charge in [-0.2, -0.15) is 5.10 Å². The van der Waals surface area contributed by atoms with Gasteiger partial charge in [0, 0.05) is 25.4 Å². The number of carbonyl (C=O) groups excluding carboxylic acids is 2. The zero-order valence-corrected chi connectivity index (χ0v) is 14.6. The molecule has 0 spiro atoms. The largest absolute Gasteiger partial charge is 0.369 e. The number of ketones is 2. The predicted octanol–water partition coefficient (Wildman–Crippen LogP) is 3.38. The van der Waals surface area contributed by atoms with Crippen LogP contribution < -0.4 is 0 Å². The van der Waals surface area contributed by atoms with E-state index in [0.717, 1.165) is 5.56 Å². The summed E-state index contributed by atoms with van der Waals surface area (Å²) in [7, 11) is 1.54. The van der Waals surface area contributed by atoms with Crippen molar-refractivity contribution in [3.8, 4) is 0 Å². The average molecular weight is 328 g/mol. The lowest BCUT2D eigenvalue weighted by Crippen LogP contribution is -2.23. The first-order valence-electron chi connectivity index (χ1n) is 8.14. The molecule has 24 heavy (non-hydrogen) atoms. The van der Waals surface area contributed by atoms with Gasteiger partial charge in [0.1, 0.15) is 11.8 Å². The van der Waals surface area contributed by atoms with Gasteiger partial charge in [0.25, 0.3) is 0 Å². The SMILES string of the molecule is COC(C(=O)C(C)Cc1cc(C(=O)C(C)C)[nH]n1)c1ccccc1. The molecular weight excluding hydrogens is 304 g/mol. The highest BCUT2D eigenvalue weighted by atomic mass is 16.5. The highest BCUT2D eigenvalue weighted by Gasteiger charge is 2.26. The van der Waals surface area contributed by atoms with E-state index in [0.29, 0.717) is 17.8 Å². The van der Waals surface area contributed by atoms with E-state index in [-0.39, 0.29) is 23.4 Å². The van der Waals surface area contributed by atoms with Gasteiger partial charge < -0.3 is 4.74 Å². The minimum Gasteiger partial charge on any atom is -0.369 e. The third-order valence-corrected chi connectivity index (χ3v) is 4.02. The van der Waals surface area contributed by atoms with Crippen LogP contribution in [0.3, 0.4) is 0 Å². The van der Waals surface area contributed by atoms with Crippen LogP contribution in [0.4, 0.5) is 0 Å². The Labute approximate surface area is 142 Å². The molecule has 0 saturated heterocycles. The van der Waals surface area contributed by atoms with Crippen molar-refractivity contribution in [3.05, 3.63) is 53.3 Å². The van der Waals surface area contributed by atoms with Gasteiger partial charge in [0.15, 0.2) is 11.6 Å². The van der Waals surface area contributed by atoms with E-state index in [2.05, 4.69) is 10.2 Å². The average Bonchev–Trinajstić information content (AvgIpc) is 3.03. The predicted molar refractivity (Wildman–Crippen MR) is 91.8 cm³/mol. The maximum absolute atomic E-state index is 12.7. The number of hydrogen-bond acceptors (Lipinski definition) is 4. The number of aromatic amines is 1. The number of hydrogen-bond donors (Lipinski definition) is 1. The van der Waals surface area contributed by atoms with Gasteiger partial charge in [0.05, 0.1) is 5.69 Å². The third-order valence-electron chi connectivity index (χ3n) is 4.02.